The van der Waals surface area contributed by atoms with E-state index in [1.807, 2.05) is 36.1 Å². The molecule has 4 heterocycles. The summed E-state index contributed by atoms with van der Waals surface area (Å²) in [5.74, 6) is -1.25. The van der Waals surface area contributed by atoms with Crippen molar-refractivity contribution in [3.05, 3.63) is 89.6 Å². The zero-order chi connectivity index (χ0) is 50.5. The summed E-state index contributed by atoms with van der Waals surface area (Å²) in [6.07, 6.45) is 2.12. The van der Waals surface area contributed by atoms with E-state index in [0.29, 0.717) is 109 Å². The van der Waals surface area contributed by atoms with Gasteiger partial charge in [-0.3, -0.25) is 34.2 Å². The lowest BCUT2D eigenvalue weighted by Gasteiger charge is -2.36. The maximum Gasteiger partial charge on any atom is 0.264 e. The zero-order valence-corrected chi connectivity index (χ0v) is 41.3. The van der Waals surface area contributed by atoms with Gasteiger partial charge in [-0.2, -0.15) is 4.98 Å². The molecule has 5 N–H and O–H groups in total. The fourth-order valence-electron chi connectivity index (χ4n) is 8.07. The van der Waals surface area contributed by atoms with E-state index < -0.39 is 45.2 Å². The van der Waals surface area contributed by atoms with Gasteiger partial charge in [-0.25, -0.2) is 18.1 Å². The fraction of sp³-hybridized carbons (Fsp3) is 0.449. The largest absolute Gasteiger partial charge is 0.382 e. The minimum atomic E-state index is -3.72. The first-order valence-corrected chi connectivity index (χ1v) is 25.1. The van der Waals surface area contributed by atoms with Gasteiger partial charge in [0.2, 0.25) is 33.7 Å². The lowest BCUT2D eigenvalue weighted by atomic mass is 10.0. The Morgan fingerprint density at radius 2 is 1.45 bits per heavy atom. The number of imide groups is 2. The third-order valence-corrected chi connectivity index (χ3v) is 13.3. The van der Waals surface area contributed by atoms with Gasteiger partial charge in [0.05, 0.1) is 75.3 Å². The Labute approximate surface area is 413 Å². The van der Waals surface area contributed by atoms with Crippen molar-refractivity contribution in [1.29, 1.82) is 0 Å². The maximum atomic E-state index is 13.2. The number of nitrogens with zero attached hydrogens (tertiary/aromatic N) is 5. The van der Waals surface area contributed by atoms with Gasteiger partial charge in [-0.15, -0.1) is 0 Å². The van der Waals surface area contributed by atoms with Crippen LogP contribution in [0.5, 0.6) is 0 Å². The van der Waals surface area contributed by atoms with Crippen molar-refractivity contribution in [3.8, 4) is 0 Å². The number of aromatic nitrogens is 2. The van der Waals surface area contributed by atoms with Crippen LogP contribution in [0.1, 0.15) is 66.3 Å². The first-order valence-electron chi connectivity index (χ1n) is 23.6. The number of carbonyl (C=O) groups is 5. The normalized spacial score (nSPS) is 16.3. The maximum absolute atomic E-state index is 13.2. The first-order chi connectivity index (χ1) is 34.1. The standard InChI is InChI=1S/C49H62N10O11S/c1-33-32-51-48(55-44(33)52-35-7-5-8-37(31-35)71(65,66)56-49(2,3)4)53-34-11-13-36(14-12-34)57-19-21-58(22-20-57)42(61)17-23-67-25-27-69-29-30-70-28-26-68-24-18-50-39-10-6-9-38-43(39)47(64)59(46(38)63)40-15-16-41(60)54-45(40)62/h5-14,31-32,40,50,56H,15-30H2,1-4H3,(H,54,60,62)(H2,51,52,53,55). The molecule has 3 aliphatic rings. The molecule has 2 saturated heterocycles. The highest BCUT2D eigenvalue weighted by Crippen LogP contribution is 2.32. The van der Waals surface area contributed by atoms with Crippen molar-refractivity contribution in [2.45, 2.75) is 63.4 Å². The molecule has 3 aliphatic heterocycles. The Kier molecular flexibility index (Phi) is 17.7. The number of sulfonamides is 1. The second-order valence-corrected chi connectivity index (χ2v) is 19.8. The molecule has 0 radical (unpaired) electrons. The summed E-state index contributed by atoms with van der Waals surface area (Å²) in [6, 6.07) is 18.4. The molecular formula is C49H62N10O11S. The highest BCUT2D eigenvalue weighted by atomic mass is 32.2. The Morgan fingerprint density at radius 3 is 2.13 bits per heavy atom. The van der Waals surface area contributed by atoms with Gasteiger partial charge in [-0.1, -0.05) is 12.1 Å². The molecule has 1 atom stereocenters. The number of amides is 5. The number of hydrogen-bond donors (Lipinski definition) is 5. The van der Waals surface area contributed by atoms with E-state index in [1.165, 1.54) is 0 Å². The predicted molar refractivity (Wildman–Crippen MR) is 265 cm³/mol. The van der Waals surface area contributed by atoms with Gasteiger partial charge in [0.25, 0.3) is 11.8 Å². The summed E-state index contributed by atoms with van der Waals surface area (Å²) in [7, 11) is -3.72. The number of hydrogen-bond acceptors (Lipinski definition) is 17. The highest BCUT2D eigenvalue weighted by molar-refractivity contribution is 7.89. The van der Waals surface area contributed by atoms with Crippen LogP contribution in [0.2, 0.25) is 0 Å². The highest BCUT2D eigenvalue weighted by Gasteiger charge is 2.45. The van der Waals surface area contributed by atoms with Crippen LogP contribution >= 0.6 is 0 Å². The number of aryl methyl sites for hydroxylation is 1. The van der Waals surface area contributed by atoms with Crippen molar-refractivity contribution >= 4 is 74.1 Å². The average molecular weight is 999 g/mol. The van der Waals surface area contributed by atoms with Crippen LogP contribution in [0, 0.1) is 6.92 Å². The van der Waals surface area contributed by atoms with Crippen molar-refractivity contribution in [2.75, 3.05) is 106 Å². The molecule has 0 saturated carbocycles. The van der Waals surface area contributed by atoms with Crippen molar-refractivity contribution < 1.29 is 51.3 Å². The number of benzene rings is 3. The Balaban J connectivity index is 0.706. The van der Waals surface area contributed by atoms with Crippen LogP contribution in [-0.2, 0) is 43.4 Å². The second kappa shape index (κ2) is 24.0. The summed E-state index contributed by atoms with van der Waals surface area (Å²) in [5.41, 5.74) is 3.43. The van der Waals surface area contributed by atoms with Crippen LogP contribution in [-0.4, -0.2) is 155 Å². The van der Waals surface area contributed by atoms with Gasteiger partial charge in [0.1, 0.15) is 11.9 Å². The molecule has 2 fully saturated rings. The molecule has 71 heavy (non-hydrogen) atoms. The molecule has 7 rings (SSSR count). The molecule has 380 valence electrons. The quantitative estimate of drug-likeness (QED) is 0.0492. The molecule has 5 amide bonds. The van der Waals surface area contributed by atoms with Gasteiger partial charge in [-0.05, 0) is 88.7 Å². The summed E-state index contributed by atoms with van der Waals surface area (Å²) in [5, 5.41) is 11.8. The lowest BCUT2D eigenvalue weighted by molar-refractivity contribution is -0.136. The Bertz CT molecular complexity index is 2660. The van der Waals surface area contributed by atoms with Crippen molar-refractivity contribution in [3.63, 3.8) is 0 Å². The third-order valence-electron chi connectivity index (χ3n) is 11.5. The molecule has 1 unspecified atom stereocenters. The number of nitrogens with one attached hydrogen (secondary N) is 5. The van der Waals surface area contributed by atoms with Crippen molar-refractivity contribution in [1.82, 2.24) is 29.8 Å². The SMILES string of the molecule is Cc1cnc(Nc2ccc(N3CCN(C(=O)CCOCCOCCOCCOCCNc4cccc5c4C(=O)N(C4CCC(=O)NC4=O)C5=O)CC3)cc2)nc1Nc1cccc(S(=O)(=O)NC(C)(C)C)c1. The number of carbonyl (C=O) groups excluding carboxylic acids is 5. The van der Waals surface area contributed by atoms with Crippen LogP contribution < -0.4 is 30.9 Å². The summed E-state index contributed by atoms with van der Waals surface area (Å²) >= 11 is 0. The van der Waals surface area contributed by atoms with Gasteiger partial charge in [0, 0.05) is 79.2 Å². The second-order valence-electron chi connectivity index (χ2n) is 18.1. The molecule has 1 aromatic heterocycles. The van der Waals surface area contributed by atoms with Crippen LogP contribution in [0.4, 0.5) is 34.5 Å². The summed E-state index contributed by atoms with van der Waals surface area (Å²) in [6.45, 7) is 13.0. The number of rotatable bonds is 24. The lowest BCUT2D eigenvalue weighted by Crippen LogP contribution is -2.54. The molecule has 21 nitrogen and oxygen atoms in total. The smallest absolute Gasteiger partial charge is 0.264 e. The number of ether oxygens (including phenoxy) is 4. The van der Waals surface area contributed by atoms with Crippen LogP contribution in [0.3, 0.4) is 0 Å². The fourth-order valence-corrected chi connectivity index (χ4v) is 9.53. The average Bonchev–Trinajstić information content (AvgIpc) is 3.59. The number of piperazine rings is 1. The summed E-state index contributed by atoms with van der Waals surface area (Å²) in [4.78, 5) is 77.4. The summed E-state index contributed by atoms with van der Waals surface area (Å²) < 4.78 is 50.9. The molecular weight excluding hydrogens is 937 g/mol. The molecule has 0 bridgehead atoms. The van der Waals surface area contributed by atoms with Crippen LogP contribution in [0.25, 0.3) is 0 Å². The van der Waals surface area contributed by atoms with E-state index in [4.69, 9.17) is 18.9 Å². The zero-order valence-electron chi connectivity index (χ0n) is 40.5. The third kappa shape index (κ3) is 14.3. The van der Waals surface area contributed by atoms with Gasteiger partial charge >= 0.3 is 0 Å². The molecule has 3 aromatic carbocycles. The van der Waals surface area contributed by atoms with Gasteiger partial charge in [0.15, 0.2) is 0 Å². The number of piperidine rings is 1. The van der Waals surface area contributed by atoms with E-state index in [-0.39, 0.29) is 41.2 Å². The molecule has 4 aromatic rings. The number of fused-ring (bicyclic) bond motifs is 1. The molecule has 22 heteroatoms. The van der Waals surface area contributed by atoms with Crippen molar-refractivity contribution in [2.24, 2.45) is 0 Å². The topological polar surface area (TPSA) is 252 Å². The number of anilines is 6. The van der Waals surface area contributed by atoms with E-state index in [1.54, 1.807) is 69.4 Å². The minimum Gasteiger partial charge on any atom is -0.382 e. The molecule has 0 aliphatic carbocycles. The van der Waals surface area contributed by atoms with E-state index in [9.17, 15) is 32.4 Å². The first kappa shape index (κ1) is 52.3. The van der Waals surface area contributed by atoms with Gasteiger partial charge < -0.3 is 44.7 Å². The molecule has 0 spiro atoms. The van der Waals surface area contributed by atoms with E-state index in [2.05, 4.69) is 40.9 Å². The van der Waals surface area contributed by atoms with E-state index in [0.717, 1.165) is 21.8 Å². The Morgan fingerprint density at radius 1 is 0.789 bits per heavy atom. The van der Waals surface area contributed by atoms with Crippen LogP contribution in [0.15, 0.2) is 77.8 Å². The van der Waals surface area contributed by atoms with E-state index >= 15 is 0 Å². The predicted octanol–water partition coefficient (Wildman–Crippen LogP) is 3.97. The Hall–Kier alpha value is -6.56. The minimum absolute atomic E-state index is 0.0484. The monoisotopic (exact) mass is 998 g/mol.